The van der Waals surface area contributed by atoms with Gasteiger partial charge in [0.15, 0.2) is 0 Å². The molecule has 1 aromatic carbocycles. The molecule has 18 heavy (non-hydrogen) atoms. The monoisotopic (exact) mass is 250 g/mol. The molecule has 0 heterocycles. The maximum Gasteiger partial charge on any atom is 0.272 e. The number of rotatable bonds is 7. The van der Waals surface area contributed by atoms with Crippen LogP contribution in [-0.4, -0.2) is 11.0 Å². The number of hydrogen-bond donors (Lipinski definition) is 1. The number of anilines is 1. The fourth-order valence-electron chi connectivity index (χ4n) is 2.01. The molecule has 4 heteroatoms. The van der Waals surface area contributed by atoms with Gasteiger partial charge in [-0.2, -0.15) is 0 Å². The minimum absolute atomic E-state index is 0.183. The number of nitro groups is 1. The fourth-order valence-corrected chi connectivity index (χ4v) is 2.01. The summed E-state index contributed by atoms with van der Waals surface area (Å²) in [6.07, 6.45) is 4.61. The molecular formula is C14H22N2O2. The highest BCUT2D eigenvalue weighted by Gasteiger charge is 2.11. The van der Waals surface area contributed by atoms with E-state index >= 15 is 0 Å². The number of hydrogen-bond acceptors (Lipinski definition) is 3. The van der Waals surface area contributed by atoms with E-state index in [1.54, 1.807) is 19.1 Å². The zero-order valence-corrected chi connectivity index (χ0v) is 11.4. The van der Waals surface area contributed by atoms with Gasteiger partial charge >= 0.3 is 0 Å². The van der Waals surface area contributed by atoms with Crippen LogP contribution >= 0.6 is 0 Å². The third-order valence-electron chi connectivity index (χ3n) is 3.16. The third kappa shape index (κ3) is 4.02. The number of nitrogens with one attached hydrogen (secondary N) is 1. The molecule has 1 aromatic rings. The first-order valence-electron chi connectivity index (χ1n) is 6.60. The van der Waals surface area contributed by atoms with E-state index in [1.165, 1.54) is 12.8 Å². The normalized spacial score (nSPS) is 12.2. The average Bonchev–Trinajstić information content (AvgIpc) is 2.34. The van der Waals surface area contributed by atoms with Crippen LogP contribution in [0.25, 0.3) is 0 Å². The summed E-state index contributed by atoms with van der Waals surface area (Å²) in [6.45, 7) is 6.12. The molecule has 1 atom stereocenters. The summed E-state index contributed by atoms with van der Waals surface area (Å²) in [4.78, 5) is 10.4. The van der Waals surface area contributed by atoms with Crippen LogP contribution in [0.3, 0.4) is 0 Å². The fraction of sp³-hybridized carbons (Fsp3) is 0.571. The van der Waals surface area contributed by atoms with Gasteiger partial charge in [0, 0.05) is 23.4 Å². The molecule has 0 bridgehead atoms. The van der Waals surface area contributed by atoms with Crippen molar-refractivity contribution < 1.29 is 4.92 Å². The molecule has 0 fully saturated rings. The Hall–Kier alpha value is -1.58. The van der Waals surface area contributed by atoms with Crippen molar-refractivity contribution in [2.24, 2.45) is 0 Å². The molecule has 1 rings (SSSR count). The van der Waals surface area contributed by atoms with Crippen molar-refractivity contribution in [1.29, 1.82) is 0 Å². The second kappa shape index (κ2) is 6.99. The zero-order chi connectivity index (χ0) is 13.5. The maximum absolute atomic E-state index is 10.7. The molecule has 0 aliphatic carbocycles. The summed E-state index contributed by atoms with van der Waals surface area (Å²) >= 11 is 0. The molecule has 0 amide bonds. The lowest BCUT2D eigenvalue weighted by Gasteiger charge is -2.18. The number of aryl methyl sites for hydroxylation is 1. The Morgan fingerprint density at radius 2 is 2.11 bits per heavy atom. The summed E-state index contributed by atoms with van der Waals surface area (Å²) < 4.78 is 0. The van der Waals surface area contributed by atoms with Crippen molar-refractivity contribution in [3.05, 3.63) is 33.9 Å². The van der Waals surface area contributed by atoms with Crippen molar-refractivity contribution in [1.82, 2.24) is 0 Å². The van der Waals surface area contributed by atoms with E-state index in [9.17, 15) is 10.1 Å². The van der Waals surface area contributed by atoms with Gasteiger partial charge < -0.3 is 5.32 Å². The van der Waals surface area contributed by atoms with Gasteiger partial charge in [-0.25, -0.2) is 0 Å². The molecule has 0 saturated carbocycles. The predicted molar refractivity (Wildman–Crippen MR) is 75.1 cm³/mol. The lowest BCUT2D eigenvalue weighted by atomic mass is 10.1. The average molecular weight is 250 g/mol. The molecule has 0 radical (unpaired) electrons. The molecule has 0 spiro atoms. The summed E-state index contributed by atoms with van der Waals surface area (Å²) in [5, 5.41) is 14.2. The molecule has 4 nitrogen and oxygen atoms in total. The SMILES string of the molecule is CCCCC(CC)Nc1ccc([N+](=O)[O-])c(C)c1. The Labute approximate surface area is 109 Å². The largest absolute Gasteiger partial charge is 0.382 e. The van der Waals surface area contributed by atoms with E-state index in [1.807, 2.05) is 6.07 Å². The van der Waals surface area contributed by atoms with E-state index in [-0.39, 0.29) is 10.6 Å². The molecular weight excluding hydrogens is 228 g/mol. The van der Waals surface area contributed by atoms with Crippen LogP contribution in [0.5, 0.6) is 0 Å². The molecule has 0 saturated heterocycles. The Morgan fingerprint density at radius 1 is 1.39 bits per heavy atom. The Morgan fingerprint density at radius 3 is 2.61 bits per heavy atom. The van der Waals surface area contributed by atoms with Gasteiger partial charge in [0.05, 0.1) is 4.92 Å². The molecule has 1 N–H and O–H groups in total. The first-order chi connectivity index (χ1) is 8.58. The second-order valence-electron chi connectivity index (χ2n) is 4.65. The van der Waals surface area contributed by atoms with Crippen molar-refractivity contribution in [2.45, 2.75) is 52.5 Å². The van der Waals surface area contributed by atoms with Gasteiger partial charge in [-0.15, -0.1) is 0 Å². The second-order valence-corrected chi connectivity index (χ2v) is 4.65. The standard InChI is InChI=1S/C14H22N2O2/c1-4-6-7-12(5-2)15-13-8-9-14(16(17)18)11(3)10-13/h8-10,12,15H,4-7H2,1-3H3. The molecule has 100 valence electrons. The maximum atomic E-state index is 10.7. The van der Waals surface area contributed by atoms with E-state index in [0.717, 1.165) is 18.5 Å². The first kappa shape index (κ1) is 14.5. The van der Waals surface area contributed by atoms with Crippen LogP contribution in [0.4, 0.5) is 11.4 Å². The van der Waals surface area contributed by atoms with Gasteiger partial charge in [-0.05, 0) is 31.9 Å². The topological polar surface area (TPSA) is 55.2 Å². The number of nitro benzene ring substituents is 1. The van der Waals surface area contributed by atoms with E-state index in [4.69, 9.17) is 0 Å². The van der Waals surface area contributed by atoms with Gasteiger partial charge in [0.1, 0.15) is 0 Å². The lowest BCUT2D eigenvalue weighted by molar-refractivity contribution is -0.385. The molecule has 0 aromatic heterocycles. The highest BCUT2D eigenvalue weighted by molar-refractivity contribution is 5.53. The highest BCUT2D eigenvalue weighted by atomic mass is 16.6. The summed E-state index contributed by atoms with van der Waals surface area (Å²) in [6, 6.07) is 5.67. The molecule has 0 aliphatic rings. The van der Waals surface area contributed by atoms with Crippen molar-refractivity contribution in [3.8, 4) is 0 Å². The van der Waals surface area contributed by atoms with Crippen molar-refractivity contribution >= 4 is 11.4 Å². The third-order valence-corrected chi connectivity index (χ3v) is 3.16. The molecule has 0 aliphatic heterocycles. The Balaban J connectivity index is 2.72. The number of benzene rings is 1. The van der Waals surface area contributed by atoms with Gasteiger partial charge in [0.2, 0.25) is 0 Å². The van der Waals surface area contributed by atoms with Gasteiger partial charge in [0.25, 0.3) is 5.69 Å². The van der Waals surface area contributed by atoms with Crippen LogP contribution in [-0.2, 0) is 0 Å². The van der Waals surface area contributed by atoms with Gasteiger partial charge in [-0.1, -0.05) is 26.7 Å². The van der Waals surface area contributed by atoms with Gasteiger partial charge in [-0.3, -0.25) is 10.1 Å². The van der Waals surface area contributed by atoms with Crippen LogP contribution in [0.15, 0.2) is 18.2 Å². The summed E-state index contributed by atoms with van der Waals surface area (Å²) in [5.74, 6) is 0. The minimum Gasteiger partial charge on any atom is -0.382 e. The van der Waals surface area contributed by atoms with Crippen LogP contribution in [0.1, 0.15) is 45.1 Å². The molecule has 1 unspecified atom stereocenters. The van der Waals surface area contributed by atoms with Crippen molar-refractivity contribution in [3.63, 3.8) is 0 Å². The smallest absolute Gasteiger partial charge is 0.272 e. The summed E-state index contributed by atoms with van der Waals surface area (Å²) in [5.41, 5.74) is 1.86. The lowest BCUT2D eigenvalue weighted by Crippen LogP contribution is -2.18. The Bertz CT molecular complexity index is 405. The minimum atomic E-state index is -0.340. The Kier molecular flexibility index (Phi) is 5.62. The van der Waals surface area contributed by atoms with E-state index < -0.39 is 0 Å². The van der Waals surface area contributed by atoms with Crippen molar-refractivity contribution in [2.75, 3.05) is 5.32 Å². The first-order valence-corrected chi connectivity index (χ1v) is 6.60. The van der Waals surface area contributed by atoms with Crippen LogP contribution < -0.4 is 5.32 Å². The summed E-state index contributed by atoms with van der Waals surface area (Å²) in [7, 11) is 0. The van der Waals surface area contributed by atoms with E-state index in [2.05, 4.69) is 19.2 Å². The predicted octanol–water partition coefficient (Wildman–Crippen LogP) is 4.28. The number of unbranched alkanes of at least 4 members (excludes halogenated alkanes) is 1. The quantitative estimate of drug-likeness (QED) is 0.580. The zero-order valence-electron chi connectivity index (χ0n) is 11.4. The van der Waals surface area contributed by atoms with Crippen LogP contribution in [0.2, 0.25) is 0 Å². The number of nitrogens with zero attached hydrogens (tertiary/aromatic N) is 1. The van der Waals surface area contributed by atoms with Crippen LogP contribution in [0, 0.1) is 17.0 Å². The highest BCUT2D eigenvalue weighted by Crippen LogP contribution is 2.23. The van der Waals surface area contributed by atoms with E-state index in [0.29, 0.717) is 11.6 Å².